The standard InChI is InChI=1S/2C50H30O.C46H28O/c1-4-17-34-31(13-1)16-11-24-37(34)46-38-20-7-9-22-40(38)48(41-23-10-8-21-39(41)46)47-35-18-5-2-14-32(35)27-29-43(47)42-25-12-26-44-50(42)49-36-19-6-3-15-33(36)28-30-45(49)51-44;1-2-15-34-30-35(25-24-31(34)12-1)46-38-18-7-9-20-40(38)48(41-21-10-8-19-39(41)46)47-36-16-5-3-13-32(36)26-28-43(47)42-22-11-23-44-50(42)49-37-17-6-4-14-33(37)27-29-45(49)51-44;1-2-14-31-28-32(25-24-29(31)12-1)43-37-18-7-9-20-39(37)44(40-21-10-8-19-38(40)43)35-17-6-5-16-34(35)36-22-11-23-41-46(36)45-33-15-4-3-13-30(33)26-27-42(45)47-41/h2*1-30H;1-28H/i1D,2D,3D,4D,5D,6D,7D,8D,9D,10D,11D,12D,13D,14D,15D,16D,17D,18D,20D,21D,22D,23D,24D,25D,26D,27D,28D,29D,30D;1D,2D,7D,8D,9D,10D,12D,15D,18D,19D,20D,21D,24D,25D,30D;1D,2D,3D,4D,5D,6D,7D,8D,9D,10D,11D,12D,13D,14D,15D,16D,17D,18D,19D,20D,21D,22D,23D,24D,25D,26D,27D,28D. The van der Waals surface area contributed by atoms with E-state index in [1.54, 1.807) is 6.07 Å². The topological polar surface area (TPSA) is 39.4 Å². The van der Waals surface area contributed by atoms with Crippen LogP contribution in [-0.2, 0) is 0 Å². The van der Waals surface area contributed by atoms with Crippen molar-refractivity contribution in [2.75, 3.05) is 0 Å². The average molecular weight is 1960 g/mol. The number of rotatable bonds is 9. The number of benzene rings is 29. The van der Waals surface area contributed by atoms with Gasteiger partial charge in [0, 0.05) is 32.3 Å². The molecule has 3 heteroatoms. The van der Waals surface area contributed by atoms with E-state index >= 15 is 0 Å². The lowest BCUT2D eigenvalue weighted by Crippen LogP contribution is -1.94. The van der Waals surface area contributed by atoms with Crippen LogP contribution in [0.2, 0.25) is 0 Å². The summed E-state index contributed by atoms with van der Waals surface area (Å²) in [5, 5.41) is -11.5. The molecular formula is C146H88O3. The van der Waals surface area contributed by atoms with Crippen molar-refractivity contribution in [2.24, 2.45) is 0 Å². The highest BCUT2D eigenvalue weighted by Crippen LogP contribution is 2.57. The molecule has 32 aromatic rings. The summed E-state index contributed by atoms with van der Waals surface area (Å²) in [5.74, 6) is 0. The third-order valence-electron chi connectivity index (χ3n) is 26.3. The highest BCUT2D eigenvalue weighted by atomic mass is 16.3. The predicted octanol–water partition coefficient (Wildman–Crippen LogP) is 41.9. The molecule has 0 unspecified atom stereocenters. The van der Waals surface area contributed by atoms with Crippen molar-refractivity contribution in [3.05, 3.63) is 532 Å². The molecule has 0 bridgehead atoms. The summed E-state index contributed by atoms with van der Waals surface area (Å²) in [6.07, 6.45) is 0. The van der Waals surface area contributed by atoms with Crippen molar-refractivity contribution < 1.29 is 112 Å². The molecule has 149 heavy (non-hydrogen) atoms. The molecule has 0 N–H and O–H groups in total. The van der Waals surface area contributed by atoms with Gasteiger partial charge < -0.3 is 13.3 Å². The Balaban J connectivity index is 0.000000137. The van der Waals surface area contributed by atoms with Gasteiger partial charge in [-0.3, -0.25) is 0 Å². The van der Waals surface area contributed by atoms with Gasteiger partial charge in [-0.2, -0.15) is 0 Å². The molecule has 690 valence electrons. The van der Waals surface area contributed by atoms with Crippen LogP contribution in [0.5, 0.6) is 0 Å². The molecule has 0 atom stereocenters. The molecule has 0 aliphatic rings. The Labute approximate surface area is 958 Å². The lowest BCUT2D eigenvalue weighted by molar-refractivity contribution is 0.669. The molecule has 29 aromatic carbocycles. The quantitative estimate of drug-likeness (QED) is 0.135. The van der Waals surface area contributed by atoms with Crippen LogP contribution >= 0.6 is 0 Å². The SMILES string of the molecule is [2H]c1c([2H])c([2H])c(-c2c([2H])c([2H])c([2H])c3oc4c([2H])c([2H])c5c([2H])c([2H])c([2H])c([2H])c5c4c23)c(-c2c3c([2H])c([2H])c([2H])c([2H])c3c(-c3c([2H])c([2H])c4c([2H])c([2H])c([2H])c([2H])c4c3[2H])c3c([2H])c([2H])c([2H])c([2H])c23)c1[2H].[2H]c1c([2H])c([2H])c2c([2H])c(-c3c4c([2H])c([2H])c([2H])c([2H])c4c(-c4c(-c5cccc6oc7ccc8ccccc8c7c56)ccc5ccccc45)c4c([2H])c([2H])c([2H])c([2H])c34)c([2H])c([2H])c2c1[2H].[2H]c1cc2c(c([2H])c1[2H])c([2H])c([2H])c1oc3c([2H])c([2H])c([2H])c(-c4c([2H])c([2H])c5c([2H])c([2H])c([2H])c([2H])c5c4-c4c5c([2H])c([2H])c([2H])c([2H])c5c(-c5c([2H])c([2H])c([2H])c6c([2H])c([2H])c([2H])c([2H])c56)c5c([2H])c([2H])c([2H])c([2H])c45)c3c12. The zero-order chi connectivity index (χ0) is 160. The minimum atomic E-state index is -1.11. The summed E-state index contributed by atoms with van der Waals surface area (Å²) in [5.41, 5.74) is -10.4. The van der Waals surface area contributed by atoms with Gasteiger partial charge >= 0.3 is 0 Å². The molecular weight excluding hydrogens is 1800 g/mol. The van der Waals surface area contributed by atoms with Crippen LogP contribution in [0.3, 0.4) is 0 Å². The van der Waals surface area contributed by atoms with Crippen LogP contribution in [0.1, 0.15) is 98.7 Å². The van der Waals surface area contributed by atoms with E-state index in [4.69, 9.17) is 74.9 Å². The third-order valence-corrected chi connectivity index (χ3v) is 26.3. The molecule has 0 fully saturated rings. The molecule has 3 nitrogen and oxygen atoms in total. The van der Waals surface area contributed by atoms with Gasteiger partial charge in [-0.15, -0.1) is 0 Å². The number of hydrogen-bond donors (Lipinski definition) is 0. The number of hydrogen-bond acceptors (Lipinski definition) is 3. The summed E-state index contributed by atoms with van der Waals surface area (Å²) in [4.78, 5) is 0. The van der Waals surface area contributed by atoms with E-state index in [1.807, 2.05) is 84.9 Å². The Morgan fingerprint density at radius 1 is 0.121 bits per heavy atom. The monoisotopic (exact) mass is 1960 g/mol. The average Bonchev–Trinajstić information content (AvgIpc) is 1.57. The fourth-order valence-corrected chi connectivity index (χ4v) is 20.3. The molecule has 0 saturated heterocycles. The van der Waals surface area contributed by atoms with Crippen molar-refractivity contribution in [3.8, 4) is 100 Å². The summed E-state index contributed by atoms with van der Waals surface area (Å²) in [7, 11) is 0. The first-order valence-corrected chi connectivity index (χ1v) is 45.5. The smallest absolute Gasteiger partial charge is 0.136 e. The van der Waals surface area contributed by atoms with Gasteiger partial charge in [0.1, 0.15) is 33.5 Å². The Hall–Kier alpha value is -19.6. The normalized spacial score (nSPS) is 18.7. The maximum Gasteiger partial charge on any atom is 0.136 e. The lowest BCUT2D eigenvalue weighted by atomic mass is 9.81. The van der Waals surface area contributed by atoms with Gasteiger partial charge in [0.2, 0.25) is 0 Å². The van der Waals surface area contributed by atoms with E-state index in [0.29, 0.717) is 38.6 Å². The molecule has 3 heterocycles. The van der Waals surface area contributed by atoms with Crippen LogP contribution in [0.25, 0.3) is 317 Å². The Morgan fingerprint density at radius 2 is 0.450 bits per heavy atom. The first-order chi connectivity index (χ1) is 104. The van der Waals surface area contributed by atoms with E-state index in [-0.39, 0.29) is 43.4 Å². The van der Waals surface area contributed by atoms with Gasteiger partial charge in [0.05, 0.1) is 98.7 Å². The summed E-state index contributed by atoms with van der Waals surface area (Å²) >= 11 is 0. The van der Waals surface area contributed by atoms with E-state index in [2.05, 4.69) is 0 Å². The maximum atomic E-state index is 10.0. The largest absolute Gasteiger partial charge is 0.456 e. The first-order valence-electron chi connectivity index (χ1n) is 81.5. The molecule has 0 amide bonds. The fraction of sp³-hybridized carbons (Fsp3) is 0. The van der Waals surface area contributed by atoms with Crippen molar-refractivity contribution in [1.82, 2.24) is 0 Å². The van der Waals surface area contributed by atoms with Crippen LogP contribution < -0.4 is 0 Å². The van der Waals surface area contributed by atoms with Crippen molar-refractivity contribution in [2.45, 2.75) is 0 Å². The Morgan fingerprint density at radius 3 is 1.01 bits per heavy atom. The summed E-state index contributed by atoms with van der Waals surface area (Å²) in [6.45, 7) is 0. The molecule has 32 rings (SSSR count). The Bertz CT molecular complexity index is 15800. The maximum absolute atomic E-state index is 10.0. The minimum absolute atomic E-state index is 0.0241. The third kappa shape index (κ3) is 13.6. The van der Waals surface area contributed by atoms with E-state index in [9.17, 15) is 37.0 Å². The number of fused-ring (bicyclic) bond motifs is 26. The molecule has 3 aromatic heterocycles. The van der Waals surface area contributed by atoms with Crippen LogP contribution in [0.4, 0.5) is 0 Å². The first kappa shape index (κ1) is 40.2. The van der Waals surface area contributed by atoms with Crippen LogP contribution in [0.15, 0.2) is 545 Å². The van der Waals surface area contributed by atoms with Crippen LogP contribution in [0, 0.1) is 0 Å². The van der Waals surface area contributed by atoms with Gasteiger partial charge in [0.25, 0.3) is 0 Å². The lowest BCUT2D eigenvalue weighted by Gasteiger charge is -2.22. The summed E-state index contributed by atoms with van der Waals surface area (Å²) in [6, 6.07) is -35.0. The van der Waals surface area contributed by atoms with Gasteiger partial charge in [0.15, 0.2) is 0 Å². The van der Waals surface area contributed by atoms with E-state index in [0.717, 1.165) is 27.6 Å². The van der Waals surface area contributed by atoms with Gasteiger partial charge in [-0.25, -0.2) is 0 Å². The molecule has 0 radical (unpaired) electrons. The second kappa shape index (κ2) is 34.6. The second-order valence-electron chi connectivity index (χ2n) is 34.0. The molecule has 0 saturated carbocycles. The highest BCUT2D eigenvalue weighted by Gasteiger charge is 2.30. The number of furan rings is 3. The van der Waals surface area contributed by atoms with Crippen LogP contribution in [-0.4, -0.2) is 0 Å². The van der Waals surface area contributed by atoms with Gasteiger partial charge in [-0.05, 0) is 299 Å². The molecule has 0 spiro atoms. The second-order valence-corrected chi connectivity index (χ2v) is 34.0. The van der Waals surface area contributed by atoms with Crippen molar-refractivity contribution in [3.63, 3.8) is 0 Å². The zero-order valence-electron chi connectivity index (χ0n) is 147. The predicted molar refractivity (Wildman–Crippen MR) is 635 cm³/mol. The van der Waals surface area contributed by atoms with Crippen molar-refractivity contribution in [1.29, 1.82) is 0 Å². The highest BCUT2D eigenvalue weighted by molar-refractivity contribution is 6.34. The van der Waals surface area contributed by atoms with E-state index < -0.39 is 648 Å². The fourth-order valence-electron chi connectivity index (χ4n) is 20.3. The summed E-state index contributed by atoms with van der Waals surface area (Å²) < 4.78 is 676. The molecule has 0 aliphatic carbocycles. The van der Waals surface area contributed by atoms with Crippen molar-refractivity contribution >= 4 is 217 Å². The molecule has 0 aliphatic heterocycles. The van der Waals surface area contributed by atoms with Gasteiger partial charge in [-0.1, -0.05) is 484 Å². The Kier molecular flexibility index (Phi) is 9.34. The minimum Gasteiger partial charge on any atom is -0.456 e. The zero-order valence-corrected chi connectivity index (χ0v) is 75.5. The van der Waals surface area contributed by atoms with E-state index in [1.165, 1.54) is 0 Å².